The van der Waals surface area contributed by atoms with Crippen LogP contribution in [0, 0.1) is 5.82 Å². The van der Waals surface area contributed by atoms with Gasteiger partial charge in [0.1, 0.15) is 11.6 Å². The average molecular weight is 560 g/mol. The van der Waals surface area contributed by atoms with E-state index in [0.717, 1.165) is 51.0 Å². The van der Waals surface area contributed by atoms with Gasteiger partial charge in [-0.15, -0.1) is 11.3 Å². The molecular weight excluding hydrogens is 529 g/mol. The molecule has 0 radical (unpaired) electrons. The number of hydrogen-bond acceptors (Lipinski definition) is 6. The van der Waals surface area contributed by atoms with Gasteiger partial charge in [-0.25, -0.2) is 4.39 Å². The number of halogens is 1. The number of methoxy groups -OCH3 is 1. The first-order valence-electron chi connectivity index (χ1n) is 13.3. The molecule has 6 rings (SSSR count). The Bertz CT molecular complexity index is 1610. The number of aromatic nitrogens is 3. The van der Waals surface area contributed by atoms with Crippen molar-refractivity contribution >= 4 is 33.2 Å². The van der Waals surface area contributed by atoms with E-state index < -0.39 is 0 Å². The summed E-state index contributed by atoms with van der Waals surface area (Å²) in [6.07, 6.45) is 6.79. The second-order valence-electron chi connectivity index (χ2n) is 10.3. The summed E-state index contributed by atoms with van der Waals surface area (Å²) in [6.45, 7) is 7.74. The largest absolute Gasteiger partial charge is 0.496 e. The highest BCUT2D eigenvalue weighted by Gasteiger charge is 2.32. The van der Waals surface area contributed by atoms with Crippen LogP contribution in [0.3, 0.4) is 0 Å². The van der Waals surface area contributed by atoms with Crippen LogP contribution in [-0.4, -0.2) is 69.7 Å². The first kappa shape index (κ1) is 26.2. The number of likely N-dealkylation sites (tertiary alicyclic amines) is 2. The van der Waals surface area contributed by atoms with Crippen molar-refractivity contribution in [3.63, 3.8) is 0 Å². The van der Waals surface area contributed by atoms with Gasteiger partial charge in [-0.3, -0.25) is 19.3 Å². The van der Waals surface area contributed by atoms with Crippen molar-refractivity contribution in [2.45, 2.75) is 31.7 Å². The number of hydrogen-bond donors (Lipinski definition) is 0. The molecule has 40 heavy (non-hydrogen) atoms. The summed E-state index contributed by atoms with van der Waals surface area (Å²) in [5, 5.41) is 7.78. The molecule has 0 aliphatic carbocycles. The molecule has 2 saturated heterocycles. The maximum atomic E-state index is 14.2. The number of carbonyl (C=O) groups is 2. The highest BCUT2D eigenvalue weighted by atomic mass is 32.1. The minimum Gasteiger partial charge on any atom is -0.496 e. The SMILES string of the molecule is C=CC(=O)N1CC(n2cc(-c3nc(C4CCN(C(C)=O)CC4)c4ccsc4c3-c3ccc(F)cc3OC)cn2)C1. The molecule has 0 unspecified atom stereocenters. The number of carbonyl (C=O) groups excluding carboxylic acids is 2. The van der Waals surface area contributed by atoms with Gasteiger partial charge in [0.15, 0.2) is 0 Å². The number of thiophene rings is 1. The minimum absolute atomic E-state index is 0.0716. The summed E-state index contributed by atoms with van der Waals surface area (Å²) in [7, 11) is 1.54. The van der Waals surface area contributed by atoms with Crippen molar-refractivity contribution in [2.24, 2.45) is 0 Å². The van der Waals surface area contributed by atoms with E-state index in [2.05, 4.69) is 23.1 Å². The van der Waals surface area contributed by atoms with Gasteiger partial charge in [-0.1, -0.05) is 6.58 Å². The topological polar surface area (TPSA) is 80.6 Å². The van der Waals surface area contributed by atoms with Crippen molar-refractivity contribution in [1.82, 2.24) is 24.6 Å². The van der Waals surface area contributed by atoms with Crippen LogP contribution in [0.2, 0.25) is 0 Å². The summed E-state index contributed by atoms with van der Waals surface area (Å²) in [5.41, 5.74) is 4.25. The summed E-state index contributed by atoms with van der Waals surface area (Å²) >= 11 is 1.62. The van der Waals surface area contributed by atoms with Crippen LogP contribution in [0.15, 0.2) is 54.7 Å². The minimum atomic E-state index is -0.372. The quantitative estimate of drug-likeness (QED) is 0.301. The molecule has 10 heteroatoms. The molecule has 8 nitrogen and oxygen atoms in total. The fraction of sp³-hybridized carbons (Fsp3) is 0.333. The van der Waals surface area contributed by atoms with Crippen LogP contribution in [0.4, 0.5) is 4.39 Å². The van der Waals surface area contributed by atoms with Crippen LogP contribution in [0.5, 0.6) is 5.75 Å². The molecule has 0 atom stereocenters. The maximum Gasteiger partial charge on any atom is 0.246 e. The Morgan fingerprint density at radius 2 is 1.95 bits per heavy atom. The Labute approximate surface area is 235 Å². The summed E-state index contributed by atoms with van der Waals surface area (Å²) in [6, 6.07) is 6.75. The van der Waals surface area contributed by atoms with Gasteiger partial charge < -0.3 is 14.5 Å². The summed E-state index contributed by atoms with van der Waals surface area (Å²) in [4.78, 5) is 32.8. The second-order valence-corrected chi connectivity index (χ2v) is 11.2. The molecular formula is C30H30FN5O3S. The van der Waals surface area contributed by atoms with Crippen LogP contribution in [0.1, 0.15) is 37.4 Å². The van der Waals surface area contributed by atoms with Gasteiger partial charge in [0.05, 0.1) is 30.7 Å². The number of piperidine rings is 1. The van der Waals surface area contributed by atoms with Crippen molar-refractivity contribution < 1.29 is 18.7 Å². The summed E-state index contributed by atoms with van der Waals surface area (Å²) < 4.78 is 22.8. The normalized spacial score (nSPS) is 16.3. The Hall–Kier alpha value is -4.05. The van der Waals surface area contributed by atoms with Gasteiger partial charge in [0.25, 0.3) is 0 Å². The number of pyridine rings is 1. The van der Waals surface area contributed by atoms with E-state index in [1.807, 2.05) is 15.8 Å². The molecule has 0 saturated carbocycles. The van der Waals surface area contributed by atoms with Crippen molar-refractivity contribution in [2.75, 3.05) is 33.3 Å². The number of rotatable bonds is 6. The molecule has 3 aromatic heterocycles. The van der Waals surface area contributed by atoms with Gasteiger partial charge in [-0.05, 0) is 42.5 Å². The zero-order chi connectivity index (χ0) is 28.0. The number of amides is 2. The zero-order valence-corrected chi connectivity index (χ0v) is 23.3. The third-order valence-corrected chi connectivity index (χ3v) is 8.93. The number of fused-ring (bicyclic) bond motifs is 1. The fourth-order valence-corrected chi connectivity index (χ4v) is 6.71. The van der Waals surface area contributed by atoms with E-state index >= 15 is 0 Å². The molecule has 2 amide bonds. The molecule has 4 aromatic rings. The van der Waals surface area contributed by atoms with E-state index in [9.17, 15) is 14.0 Å². The first-order valence-corrected chi connectivity index (χ1v) is 14.2. The lowest BCUT2D eigenvalue weighted by molar-refractivity contribution is -0.132. The number of ether oxygens (including phenoxy) is 1. The molecule has 2 aliphatic rings. The van der Waals surface area contributed by atoms with Crippen LogP contribution in [0.25, 0.3) is 32.5 Å². The van der Waals surface area contributed by atoms with E-state index in [-0.39, 0.29) is 29.6 Å². The molecule has 1 aromatic carbocycles. The number of nitrogens with zero attached hydrogens (tertiary/aromatic N) is 5. The second kappa shape index (κ2) is 10.5. The van der Waals surface area contributed by atoms with E-state index in [0.29, 0.717) is 31.9 Å². The molecule has 5 heterocycles. The highest BCUT2D eigenvalue weighted by molar-refractivity contribution is 7.17. The van der Waals surface area contributed by atoms with Crippen LogP contribution in [-0.2, 0) is 9.59 Å². The smallest absolute Gasteiger partial charge is 0.246 e. The summed E-state index contributed by atoms with van der Waals surface area (Å²) in [5.74, 6) is 0.284. The Kier molecular flexibility index (Phi) is 6.87. The standard InChI is InChI=1S/C30H30FN5O3S/c1-4-26(38)35-16-22(17-35)36-15-20(14-32-36)29-27(23-6-5-21(31)13-25(23)39-3)30-24(9-12-40-30)28(33-29)19-7-10-34(11-8-19)18(2)37/h4-6,9,12-15,19,22H,1,7-8,10-11,16-17H2,2-3H3. The third kappa shape index (κ3) is 4.56. The molecule has 0 bridgehead atoms. The molecule has 2 fully saturated rings. The first-order chi connectivity index (χ1) is 19.4. The fourth-order valence-electron chi connectivity index (χ4n) is 5.75. The highest BCUT2D eigenvalue weighted by Crippen LogP contribution is 2.46. The molecule has 2 aliphatic heterocycles. The van der Waals surface area contributed by atoms with Crippen LogP contribution < -0.4 is 4.74 Å². The lowest BCUT2D eigenvalue weighted by Crippen LogP contribution is -2.50. The predicted molar refractivity (Wildman–Crippen MR) is 153 cm³/mol. The van der Waals surface area contributed by atoms with Gasteiger partial charge in [0, 0.05) is 78.1 Å². The van der Waals surface area contributed by atoms with E-state index in [1.165, 1.54) is 18.2 Å². The van der Waals surface area contributed by atoms with Gasteiger partial charge in [0.2, 0.25) is 11.8 Å². The monoisotopic (exact) mass is 559 g/mol. The van der Waals surface area contributed by atoms with Crippen LogP contribution >= 0.6 is 11.3 Å². The molecule has 0 spiro atoms. The predicted octanol–water partition coefficient (Wildman–Crippen LogP) is 5.27. The van der Waals surface area contributed by atoms with E-state index in [1.54, 1.807) is 42.5 Å². The lowest BCUT2D eigenvalue weighted by atomic mass is 9.89. The third-order valence-electron chi connectivity index (χ3n) is 7.99. The average Bonchev–Trinajstić information content (AvgIpc) is 3.62. The zero-order valence-electron chi connectivity index (χ0n) is 22.5. The Morgan fingerprint density at radius 1 is 1.18 bits per heavy atom. The number of benzene rings is 1. The molecule has 0 N–H and O–H groups in total. The molecule has 206 valence electrons. The maximum absolute atomic E-state index is 14.2. The Morgan fingerprint density at radius 3 is 2.65 bits per heavy atom. The van der Waals surface area contributed by atoms with Crippen molar-refractivity contribution in [3.8, 4) is 28.1 Å². The Balaban J connectivity index is 1.47. The lowest BCUT2D eigenvalue weighted by Gasteiger charge is -2.38. The van der Waals surface area contributed by atoms with Crippen molar-refractivity contribution in [3.05, 3.63) is 66.2 Å². The van der Waals surface area contributed by atoms with Gasteiger partial charge >= 0.3 is 0 Å². The van der Waals surface area contributed by atoms with E-state index in [4.69, 9.17) is 9.72 Å². The van der Waals surface area contributed by atoms with Crippen molar-refractivity contribution in [1.29, 1.82) is 0 Å². The van der Waals surface area contributed by atoms with Gasteiger partial charge in [-0.2, -0.15) is 5.10 Å².